The molecule has 0 spiro atoms. The lowest BCUT2D eigenvalue weighted by molar-refractivity contribution is 0.0185. The summed E-state index contributed by atoms with van der Waals surface area (Å²) in [6, 6.07) is 16.4. The Hall–Kier alpha value is -3.87. The second-order valence-electron chi connectivity index (χ2n) is 10.4. The summed E-state index contributed by atoms with van der Waals surface area (Å²) in [6.45, 7) is 9.06. The van der Waals surface area contributed by atoms with Crippen molar-refractivity contribution in [3.63, 3.8) is 0 Å². The fourth-order valence-electron chi connectivity index (χ4n) is 4.45. The van der Waals surface area contributed by atoms with Gasteiger partial charge >= 0.3 is 6.09 Å². The fraction of sp³-hybridized carbons (Fsp3) is 0.345. The molecule has 1 saturated heterocycles. The van der Waals surface area contributed by atoms with Crippen molar-refractivity contribution in [1.29, 1.82) is 0 Å². The number of carbonyl (C=O) groups is 1. The van der Waals surface area contributed by atoms with Gasteiger partial charge in [0.15, 0.2) is 0 Å². The molecule has 0 bridgehead atoms. The van der Waals surface area contributed by atoms with Crippen LogP contribution in [-0.4, -0.2) is 44.4 Å². The highest BCUT2D eigenvalue weighted by molar-refractivity contribution is 5.89. The number of hydrogen-bond acceptors (Lipinski definition) is 5. The maximum absolute atomic E-state index is 12.4. The second-order valence-corrected chi connectivity index (χ2v) is 10.4. The van der Waals surface area contributed by atoms with E-state index in [0.717, 1.165) is 46.4 Å². The zero-order chi connectivity index (χ0) is 25.3. The van der Waals surface area contributed by atoms with Crippen molar-refractivity contribution in [2.75, 3.05) is 13.1 Å². The predicted octanol–water partition coefficient (Wildman–Crippen LogP) is 6.77. The highest BCUT2D eigenvalue weighted by Gasteiger charge is 2.28. The summed E-state index contributed by atoms with van der Waals surface area (Å²) >= 11 is 0. The van der Waals surface area contributed by atoms with Gasteiger partial charge in [-0.05, 0) is 76.4 Å². The van der Waals surface area contributed by atoms with E-state index in [1.165, 1.54) is 5.56 Å². The zero-order valence-electron chi connectivity index (χ0n) is 21.3. The Kier molecular flexibility index (Phi) is 6.39. The van der Waals surface area contributed by atoms with E-state index in [4.69, 9.17) is 9.47 Å². The van der Waals surface area contributed by atoms with Gasteiger partial charge in [-0.25, -0.2) is 4.79 Å². The summed E-state index contributed by atoms with van der Waals surface area (Å²) in [4.78, 5) is 18.7. The number of piperidine rings is 1. The zero-order valence-corrected chi connectivity index (χ0v) is 21.3. The van der Waals surface area contributed by atoms with E-state index in [-0.39, 0.29) is 12.1 Å². The number of amides is 1. The van der Waals surface area contributed by atoms with Crippen LogP contribution in [0.3, 0.4) is 0 Å². The summed E-state index contributed by atoms with van der Waals surface area (Å²) in [6.07, 6.45) is 7.21. The highest BCUT2D eigenvalue weighted by Crippen LogP contribution is 2.32. The van der Waals surface area contributed by atoms with Crippen molar-refractivity contribution in [3.05, 3.63) is 72.7 Å². The molecule has 1 fully saturated rings. The van der Waals surface area contributed by atoms with Crippen LogP contribution in [0.25, 0.3) is 22.0 Å². The number of ether oxygens (including phenoxy) is 2. The minimum atomic E-state index is -0.479. The molecule has 0 atom stereocenters. The molecule has 5 rings (SSSR count). The van der Waals surface area contributed by atoms with E-state index in [1.807, 2.05) is 62.0 Å². The van der Waals surface area contributed by atoms with Crippen LogP contribution in [0.2, 0.25) is 0 Å². The van der Waals surface area contributed by atoms with E-state index in [2.05, 4.69) is 41.4 Å². The molecule has 3 heterocycles. The highest BCUT2D eigenvalue weighted by atomic mass is 16.6. The maximum Gasteiger partial charge on any atom is 0.410 e. The van der Waals surface area contributed by atoms with Crippen LogP contribution >= 0.6 is 0 Å². The lowest BCUT2D eigenvalue weighted by Gasteiger charge is -2.33. The molecular formula is C29H32N4O3. The minimum absolute atomic E-state index is 0.239. The largest absolute Gasteiger partial charge is 0.457 e. The molecule has 0 unspecified atom stereocenters. The lowest BCUT2D eigenvalue weighted by atomic mass is 10.0. The molecule has 186 valence electrons. The topological polar surface area (TPSA) is 69.5 Å². The van der Waals surface area contributed by atoms with Crippen LogP contribution in [0.5, 0.6) is 11.5 Å². The Morgan fingerprint density at radius 2 is 1.75 bits per heavy atom. The number of hydrogen-bond donors (Lipinski definition) is 0. The van der Waals surface area contributed by atoms with Crippen molar-refractivity contribution < 1.29 is 14.3 Å². The van der Waals surface area contributed by atoms with Gasteiger partial charge in [0, 0.05) is 36.4 Å². The molecule has 0 N–H and O–H groups in total. The van der Waals surface area contributed by atoms with Crippen molar-refractivity contribution in [2.45, 2.75) is 52.2 Å². The van der Waals surface area contributed by atoms with Crippen LogP contribution in [0.4, 0.5) is 4.79 Å². The van der Waals surface area contributed by atoms with E-state index in [9.17, 15) is 4.79 Å². The SMILES string of the molecule is Cc1ccc(Oc2ccnc3cc(-c4cnn(C5CCN(C(=O)OC(C)(C)C)CC5)c4)ccc23)cc1. The van der Waals surface area contributed by atoms with Crippen molar-refractivity contribution in [1.82, 2.24) is 19.7 Å². The average molecular weight is 485 g/mol. The first-order chi connectivity index (χ1) is 17.2. The number of rotatable bonds is 4. The monoisotopic (exact) mass is 484 g/mol. The van der Waals surface area contributed by atoms with Gasteiger partial charge in [0.25, 0.3) is 0 Å². The first-order valence-corrected chi connectivity index (χ1v) is 12.4. The molecule has 7 heteroatoms. The summed E-state index contributed by atoms with van der Waals surface area (Å²) in [5.41, 5.74) is 3.68. The summed E-state index contributed by atoms with van der Waals surface area (Å²) < 4.78 is 13.7. The van der Waals surface area contributed by atoms with Gasteiger partial charge < -0.3 is 14.4 Å². The first-order valence-electron chi connectivity index (χ1n) is 12.4. The van der Waals surface area contributed by atoms with Crippen LogP contribution in [0.1, 0.15) is 45.2 Å². The molecule has 1 amide bonds. The number of nitrogens with zero attached hydrogens (tertiary/aromatic N) is 4. The number of fused-ring (bicyclic) bond motifs is 1. The van der Waals surface area contributed by atoms with Crippen LogP contribution in [0.15, 0.2) is 67.1 Å². The third kappa shape index (κ3) is 5.35. The van der Waals surface area contributed by atoms with Crippen LogP contribution in [-0.2, 0) is 4.74 Å². The maximum atomic E-state index is 12.4. The molecular weight excluding hydrogens is 452 g/mol. The van der Waals surface area contributed by atoms with E-state index in [1.54, 1.807) is 11.1 Å². The molecule has 0 radical (unpaired) electrons. The number of pyridine rings is 1. The van der Waals surface area contributed by atoms with Gasteiger partial charge in [0.1, 0.15) is 17.1 Å². The van der Waals surface area contributed by atoms with E-state index >= 15 is 0 Å². The second kappa shape index (κ2) is 9.64. The molecule has 2 aromatic heterocycles. The molecule has 4 aromatic rings. The average Bonchev–Trinajstić information content (AvgIpc) is 3.35. The summed E-state index contributed by atoms with van der Waals surface area (Å²) in [7, 11) is 0. The first kappa shape index (κ1) is 23.9. The van der Waals surface area contributed by atoms with Crippen LogP contribution in [0, 0.1) is 6.92 Å². The normalized spacial score (nSPS) is 14.7. The van der Waals surface area contributed by atoms with Gasteiger partial charge in [-0.15, -0.1) is 0 Å². The Morgan fingerprint density at radius 1 is 1.00 bits per heavy atom. The third-order valence-electron chi connectivity index (χ3n) is 6.38. The Balaban J connectivity index is 1.28. The van der Waals surface area contributed by atoms with Gasteiger partial charge in [-0.2, -0.15) is 5.10 Å². The summed E-state index contributed by atoms with van der Waals surface area (Å²) in [5, 5.41) is 5.60. The number of likely N-dealkylation sites (tertiary alicyclic amines) is 1. The number of aryl methyl sites for hydroxylation is 1. The predicted molar refractivity (Wildman–Crippen MR) is 140 cm³/mol. The number of benzene rings is 2. The molecule has 36 heavy (non-hydrogen) atoms. The third-order valence-corrected chi connectivity index (χ3v) is 6.38. The fourth-order valence-corrected chi connectivity index (χ4v) is 4.45. The number of aromatic nitrogens is 3. The molecule has 7 nitrogen and oxygen atoms in total. The molecule has 1 aliphatic heterocycles. The quantitative estimate of drug-likeness (QED) is 0.320. The van der Waals surface area contributed by atoms with Gasteiger partial charge in [-0.1, -0.05) is 23.8 Å². The molecule has 1 aliphatic rings. The molecule has 0 saturated carbocycles. The Labute approximate surface area is 211 Å². The molecule has 2 aromatic carbocycles. The lowest BCUT2D eigenvalue weighted by Crippen LogP contribution is -2.42. The van der Waals surface area contributed by atoms with Gasteiger partial charge in [0.05, 0.1) is 17.8 Å². The van der Waals surface area contributed by atoms with E-state index in [0.29, 0.717) is 13.1 Å². The van der Waals surface area contributed by atoms with E-state index < -0.39 is 5.60 Å². The van der Waals surface area contributed by atoms with Crippen molar-refractivity contribution >= 4 is 17.0 Å². The Bertz CT molecular complexity index is 1360. The summed E-state index contributed by atoms with van der Waals surface area (Å²) in [5.74, 6) is 1.58. The molecule has 0 aliphatic carbocycles. The Morgan fingerprint density at radius 3 is 2.47 bits per heavy atom. The van der Waals surface area contributed by atoms with Crippen LogP contribution < -0.4 is 4.74 Å². The van der Waals surface area contributed by atoms with Crippen molar-refractivity contribution in [2.24, 2.45) is 0 Å². The minimum Gasteiger partial charge on any atom is -0.457 e. The smallest absolute Gasteiger partial charge is 0.410 e. The van der Waals surface area contributed by atoms with Crippen molar-refractivity contribution in [3.8, 4) is 22.6 Å². The standard InChI is InChI=1S/C29H32N4O3/c1-20-5-8-24(9-6-20)35-27-11-14-30-26-17-21(7-10-25(26)27)22-18-31-33(19-22)23-12-15-32(16-13-23)28(34)36-29(2,3)4/h5-11,14,17-19,23H,12-13,15-16H2,1-4H3. The number of carbonyl (C=O) groups excluding carboxylic acids is 1. The van der Waals surface area contributed by atoms with Gasteiger partial charge in [-0.3, -0.25) is 9.67 Å². The van der Waals surface area contributed by atoms with Gasteiger partial charge in [0.2, 0.25) is 0 Å².